The number of aryl methyl sites for hydroxylation is 2. The third-order valence-electron chi connectivity index (χ3n) is 2.15. The highest BCUT2D eigenvalue weighted by molar-refractivity contribution is 7.80. The first-order valence-corrected chi connectivity index (χ1v) is 5.24. The van der Waals surface area contributed by atoms with E-state index >= 15 is 0 Å². The molecule has 1 aromatic rings. The molecular formula is C11H16N2OS. The third kappa shape index (κ3) is 4.16. The van der Waals surface area contributed by atoms with E-state index < -0.39 is 0 Å². The van der Waals surface area contributed by atoms with Crippen molar-refractivity contribution in [1.82, 2.24) is 5.32 Å². The average Bonchev–Trinajstić information content (AvgIpc) is 2.18. The summed E-state index contributed by atoms with van der Waals surface area (Å²) in [4.78, 5) is 0. The molecular weight excluding hydrogens is 208 g/mol. The lowest BCUT2D eigenvalue weighted by atomic mass is 10.1. The fourth-order valence-electron chi connectivity index (χ4n) is 1.15. The van der Waals surface area contributed by atoms with Crippen LogP contribution in [0.2, 0.25) is 0 Å². The van der Waals surface area contributed by atoms with Crippen molar-refractivity contribution in [3.05, 3.63) is 29.3 Å². The second-order valence-electron chi connectivity index (χ2n) is 3.39. The number of benzene rings is 1. The highest BCUT2D eigenvalue weighted by Gasteiger charge is 1.96. The summed E-state index contributed by atoms with van der Waals surface area (Å²) < 4.78 is 5.51. The molecule has 0 amide bonds. The summed E-state index contributed by atoms with van der Waals surface area (Å²) in [5.41, 5.74) is 7.78. The van der Waals surface area contributed by atoms with Crippen LogP contribution in [-0.4, -0.2) is 18.3 Å². The van der Waals surface area contributed by atoms with Crippen LogP contribution < -0.4 is 15.8 Å². The van der Waals surface area contributed by atoms with Crippen molar-refractivity contribution in [3.8, 4) is 5.75 Å². The molecule has 15 heavy (non-hydrogen) atoms. The molecule has 0 aliphatic heterocycles. The van der Waals surface area contributed by atoms with Crippen molar-refractivity contribution >= 4 is 17.3 Å². The van der Waals surface area contributed by atoms with Crippen LogP contribution in [0, 0.1) is 13.8 Å². The molecule has 0 bridgehead atoms. The summed E-state index contributed by atoms with van der Waals surface area (Å²) in [5, 5.41) is 3.13. The first kappa shape index (κ1) is 11.8. The van der Waals surface area contributed by atoms with Crippen LogP contribution in [-0.2, 0) is 0 Å². The smallest absolute Gasteiger partial charge is 0.163 e. The molecule has 4 heteroatoms. The van der Waals surface area contributed by atoms with Gasteiger partial charge < -0.3 is 15.8 Å². The zero-order valence-corrected chi connectivity index (χ0v) is 9.86. The van der Waals surface area contributed by atoms with E-state index in [1.165, 1.54) is 11.1 Å². The monoisotopic (exact) mass is 224 g/mol. The van der Waals surface area contributed by atoms with E-state index in [2.05, 4.69) is 31.4 Å². The van der Waals surface area contributed by atoms with Crippen LogP contribution in [0.4, 0.5) is 0 Å². The van der Waals surface area contributed by atoms with Gasteiger partial charge in [0.05, 0.1) is 6.54 Å². The van der Waals surface area contributed by atoms with Crippen molar-refractivity contribution in [2.75, 3.05) is 13.2 Å². The molecule has 1 aromatic carbocycles. The normalized spacial score (nSPS) is 9.73. The Balaban J connectivity index is 2.38. The van der Waals surface area contributed by atoms with E-state index in [1.54, 1.807) is 0 Å². The van der Waals surface area contributed by atoms with Gasteiger partial charge in [-0.25, -0.2) is 0 Å². The van der Waals surface area contributed by atoms with Gasteiger partial charge in [0.25, 0.3) is 0 Å². The van der Waals surface area contributed by atoms with Gasteiger partial charge in [-0.2, -0.15) is 0 Å². The Morgan fingerprint density at radius 2 is 2.13 bits per heavy atom. The number of nitrogens with one attached hydrogen (secondary N) is 1. The zero-order chi connectivity index (χ0) is 11.3. The molecule has 3 nitrogen and oxygen atoms in total. The van der Waals surface area contributed by atoms with Crippen molar-refractivity contribution in [2.24, 2.45) is 5.73 Å². The van der Waals surface area contributed by atoms with Gasteiger partial charge >= 0.3 is 0 Å². The molecule has 0 saturated carbocycles. The average molecular weight is 224 g/mol. The Kier molecular flexibility index (Phi) is 4.37. The Hall–Kier alpha value is -1.29. The second-order valence-corrected chi connectivity index (χ2v) is 3.83. The predicted molar refractivity (Wildman–Crippen MR) is 66.2 cm³/mol. The maximum atomic E-state index is 5.51. The maximum Gasteiger partial charge on any atom is 0.163 e. The van der Waals surface area contributed by atoms with Crippen molar-refractivity contribution in [1.29, 1.82) is 0 Å². The zero-order valence-electron chi connectivity index (χ0n) is 9.04. The minimum absolute atomic E-state index is 0.304. The van der Waals surface area contributed by atoms with Crippen LogP contribution in [0.25, 0.3) is 0 Å². The Morgan fingerprint density at radius 1 is 1.40 bits per heavy atom. The molecule has 0 radical (unpaired) electrons. The molecule has 0 fully saturated rings. The third-order valence-corrected chi connectivity index (χ3v) is 2.29. The molecule has 0 spiro atoms. The molecule has 0 aliphatic carbocycles. The number of thiocarbonyl (C=S) groups is 1. The van der Waals surface area contributed by atoms with Crippen LogP contribution in [0.15, 0.2) is 18.2 Å². The number of hydrogen-bond donors (Lipinski definition) is 2. The number of ether oxygens (including phenoxy) is 1. The first-order valence-electron chi connectivity index (χ1n) is 4.83. The Labute approximate surface area is 95.6 Å². The van der Waals surface area contributed by atoms with Crippen LogP contribution >= 0.6 is 12.2 Å². The molecule has 3 N–H and O–H groups in total. The molecule has 0 unspecified atom stereocenters. The van der Waals surface area contributed by atoms with Crippen LogP contribution in [0.5, 0.6) is 5.75 Å². The Morgan fingerprint density at radius 3 is 2.73 bits per heavy atom. The Bertz CT molecular complexity index is 352. The topological polar surface area (TPSA) is 47.3 Å². The van der Waals surface area contributed by atoms with Gasteiger partial charge in [0.2, 0.25) is 0 Å². The molecule has 0 heterocycles. The van der Waals surface area contributed by atoms with Crippen LogP contribution in [0.1, 0.15) is 11.1 Å². The van der Waals surface area contributed by atoms with E-state index in [1.807, 2.05) is 18.2 Å². The quantitative estimate of drug-likeness (QED) is 0.601. The summed E-state index contributed by atoms with van der Waals surface area (Å²) in [6.07, 6.45) is 0. The minimum Gasteiger partial charge on any atom is -0.492 e. The standard InChI is InChI=1S/C11H16N2OS/c1-8-3-4-10(7-9(8)2)14-6-5-13-11(12)15/h3-4,7H,5-6H2,1-2H3,(H3,12,13,15). The summed E-state index contributed by atoms with van der Waals surface area (Å²) in [7, 11) is 0. The summed E-state index contributed by atoms with van der Waals surface area (Å²) in [5.74, 6) is 0.878. The lowest BCUT2D eigenvalue weighted by Gasteiger charge is -2.08. The van der Waals surface area contributed by atoms with E-state index in [0.717, 1.165) is 5.75 Å². The van der Waals surface area contributed by atoms with Gasteiger partial charge in [-0.15, -0.1) is 0 Å². The lowest BCUT2D eigenvalue weighted by molar-refractivity contribution is 0.322. The van der Waals surface area contributed by atoms with Gasteiger partial charge in [0.15, 0.2) is 5.11 Å². The number of rotatable bonds is 4. The molecule has 0 atom stereocenters. The van der Waals surface area contributed by atoms with E-state index in [0.29, 0.717) is 18.3 Å². The maximum absolute atomic E-state index is 5.51. The molecule has 82 valence electrons. The summed E-state index contributed by atoms with van der Waals surface area (Å²) >= 11 is 4.67. The SMILES string of the molecule is Cc1ccc(OCCNC(N)=S)cc1C. The van der Waals surface area contributed by atoms with Gasteiger partial charge in [-0.3, -0.25) is 0 Å². The lowest BCUT2D eigenvalue weighted by Crippen LogP contribution is -2.32. The summed E-state index contributed by atoms with van der Waals surface area (Å²) in [6.45, 7) is 5.32. The first-order chi connectivity index (χ1) is 7.09. The van der Waals surface area contributed by atoms with Gasteiger partial charge in [-0.05, 0) is 49.3 Å². The molecule has 0 aromatic heterocycles. The highest BCUT2D eigenvalue weighted by Crippen LogP contribution is 2.15. The fourth-order valence-corrected chi connectivity index (χ4v) is 1.25. The van der Waals surface area contributed by atoms with Gasteiger partial charge in [0, 0.05) is 0 Å². The molecule has 0 saturated heterocycles. The van der Waals surface area contributed by atoms with E-state index in [9.17, 15) is 0 Å². The van der Waals surface area contributed by atoms with Crippen molar-refractivity contribution < 1.29 is 4.74 Å². The van der Waals surface area contributed by atoms with E-state index in [-0.39, 0.29) is 0 Å². The van der Waals surface area contributed by atoms with Crippen molar-refractivity contribution in [2.45, 2.75) is 13.8 Å². The predicted octanol–water partition coefficient (Wildman–Crippen LogP) is 1.52. The van der Waals surface area contributed by atoms with Gasteiger partial charge in [0.1, 0.15) is 12.4 Å². The van der Waals surface area contributed by atoms with E-state index in [4.69, 9.17) is 10.5 Å². The minimum atomic E-state index is 0.304. The van der Waals surface area contributed by atoms with Crippen molar-refractivity contribution in [3.63, 3.8) is 0 Å². The van der Waals surface area contributed by atoms with Gasteiger partial charge in [-0.1, -0.05) is 6.07 Å². The highest BCUT2D eigenvalue weighted by atomic mass is 32.1. The number of nitrogens with two attached hydrogens (primary N) is 1. The molecule has 1 rings (SSSR count). The summed E-state index contributed by atoms with van der Waals surface area (Å²) in [6, 6.07) is 6.03. The fraction of sp³-hybridized carbons (Fsp3) is 0.364. The number of hydrogen-bond acceptors (Lipinski definition) is 2. The molecule has 0 aliphatic rings. The largest absolute Gasteiger partial charge is 0.492 e. The van der Waals surface area contributed by atoms with Crippen LogP contribution in [0.3, 0.4) is 0 Å². The second kappa shape index (κ2) is 5.56.